The van der Waals surface area contributed by atoms with Crippen molar-refractivity contribution in [2.75, 3.05) is 5.75 Å². The van der Waals surface area contributed by atoms with E-state index in [4.69, 9.17) is 11.6 Å². The molecule has 0 radical (unpaired) electrons. The number of nitrogens with one attached hydrogen (secondary N) is 1. The first kappa shape index (κ1) is 23.2. The van der Waals surface area contributed by atoms with Gasteiger partial charge in [0.25, 0.3) is 0 Å². The Morgan fingerprint density at radius 1 is 1.10 bits per heavy atom. The van der Waals surface area contributed by atoms with Gasteiger partial charge in [-0.1, -0.05) is 23.7 Å². The number of hydrogen-bond acceptors (Lipinski definition) is 3. The summed E-state index contributed by atoms with van der Waals surface area (Å²) in [5, 5.41) is 3.55. The Hall–Kier alpha value is -2.05. The fraction of sp³-hybridized carbons (Fsp3) is 0.364. The van der Waals surface area contributed by atoms with Gasteiger partial charge in [-0.05, 0) is 69.7 Å². The summed E-state index contributed by atoms with van der Waals surface area (Å²) in [5.74, 6) is -0.575. The third-order valence-electron chi connectivity index (χ3n) is 4.11. The molecule has 1 N–H and O–H groups in total. The van der Waals surface area contributed by atoms with Crippen LogP contribution in [0.5, 0.6) is 0 Å². The van der Waals surface area contributed by atoms with Crippen LogP contribution in [0.2, 0.25) is 5.02 Å². The molecule has 0 unspecified atom stereocenters. The molecule has 0 aliphatic rings. The molecule has 0 heterocycles. The van der Waals surface area contributed by atoms with Crippen molar-refractivity contribution in [3.63, 3.8) is 0 Å². The highest BCUT2D eigenvalue weighted by Crippen LogP contribution is 2.22. The molecule has 1 atom stereocenters. The van der Waals surface area contributed by atoms with Gasteiger partial charge >= 0.3 is 0 Å². The van der Waals surface area contributed by atoms with Crippen molar-refractivity contribution in [1.82, 2.24) is 10.2 Å². The van der Waals surface area contributed by atoms with E-state index in [-0.39, 0.29) is 29.9 Å². The van der Waals surface area contributed by atoms with Gasteiger partial charge in [-0.25, -0.2) is 4.39 Å². The Kier molecular flexibility index (Phi) is 8.11. The first-order valence-corrected chi connectivity index (χ1v) is 10.7. The van der Waals surface area contributed by atoms with Crippen LogP contribution in [0.4, 0.5) is 4.39 Å². The average molecular weight is 437 g/mol. The lowest BCUT2D eigenvalue weighted by atomic mass is 10.1. The molecular formula is C22H26ClFN2O2S. The predicted molar refractivity (Wildman–Crippen MR) is 116 cm³/mol. The van der Waals surface area contributed by atoms with E-state index in [0.29, 0.717) is 5.02 Å². The largest absolute Gasteiger partial charge is 0.350 e. The minimum absolute atomic E-state index is 0.175. The number of nitrogens with zero attached hydrogens (tertiary/aromatic N) is 1. The number of benzene rings is 2. The van der Waals surface area contributed by atoms with E-state index in [1.54, 1.807) is 31.2 Å². The minimum Gasteiger partial charge on any atom is -0.350 e. The molecule has 0 bridgehead atoms. The zero-order valence-corrected chi connectivity index (χ0v) is 18.6. The molecule has 7 heteroatoms. The zero-order chi connectivity index (χ0) is 21.6. The molecule has 0 saturated carbocycles. The van der Waals surface area contributed by atoms with Crippen molar-refractivity contribution in [3.05, 3.63) is 64.9 Å². The lowest BCUT2D eigenvalue weighted by molar-refractivity contribution is -0.139. The quantitative estimate of drug-likeness (QED) is 0.628. The molecule has 156 valence electrons. The van der Waals surface area contributed by atoms with Crippen LogP contribution in [0.15, 0.2) is 53.4 Å². The van der Waals surface area contributed by atoms with Gasteiger partial charge in [-0.2, -0.15) is 0 Å². The number of halogens is 2. The lowest BCUT2D eigenvalue weighted by Crippen LogP contribution is -2.52. The minimum atomic E-state index is -0.669. The maximum atomic E-state index is 13.2. The van der Waals surface area contributed by atoms with Crippen molar-refractivity contribution in [2.45, 2.75) is 50.7 Å². The Bertz CT molecular complexity index is 835. The van der Waals surface area contributed by atoms with Crippen LogP contribution < -0.4 is 5.32 Å². The van der Waals surface area contributed by atoms with Gasteiger partial charge in [0.15, 0.2) is 0 Å². The molecule has 0 aromatic heterocycles. The number of rotatable bonds is 7. The van der Waals surface area contributed by atoms with Crippen molar-refractivity contribution in [2.24, 2.45) is 0 Å². The predicted octanol–water partition coefficient (Wildman–Crippen LogP) is 4.90. The van der Waals surface area contributed by atoms with E-state index in [0.717, 1.165) is 10.5 Å². The fourth-order valence-corrected chi connectivity index (χ4v) is 3.51. The van der Waals surface area contributed by atoms with Crippen LogP contribution in [-0.4, -0.2) is 34.0 Å². The normalized spacial score (nSPS) is 12.3. The standard InChI is InChI=1S/C22H26ClFN2O2S/c1-15(21(28)25-22(2,3)4)26(13-16-5-9-18(24)10-6-16)20(27)14-29-19-11-7-17(23)8-12-19/h5-12,15H,13-14H2,1-4H3,(H,25,28)/t15-/m0/s1. The van der Waals surface area contributed by atoms with E-state index >= 15 is 0 Å². The second-order valence-corrected chi connectivity index (χ2v) is 9.29. The van der Waals surface area contributed by atoms with Crippen molar-refractivity contribution in [3.8, 4) is 0 Å². The molecular weight excluding hydrogens is 411 g/mol. The second kappa shape index (κ2) is 10.1. The Morgan fingerprint density at radius 2 is 1.69 bits per heavy atom. The monoisotopic (exact) mass is 436 g/mol. The van der Waals surface area contributed by atoms with Gasteiger partial charge in [0, 0.05) is 22.0 Å². The maximum Gasteiger partial charge on any atom is 0.242 e. The third-order valence-corrected chi connectivity index (χ3v) is 5.36. The molecule has 0 fully saturated rings. The summed E-state index contributed by atoms with van der Waals surface area (Å²) in [7, 11) is 0. The Balaban J connectivity index is 2.15. The second-order valence-electron chi connectivity index (χ2n) is 7.81. The van der Waals surface area contributed by atoms with E-state index in [1.165, 1.54) is 28.8 Å². The van der Waals surface area contributed by atoms with Crippen molar-refractivity contribution in [1.29, 1.82) is 0 Å². The van der Waals surface area contributed by atoms with Crippen LogP contribution in [0.1, 0.15) is 33.3 Å². The van der Waals surface area contributed by atoms with E-state index < -0.39 is 11.6 Å². The smallest absolute Gasteiger partial charge is 0.242 e. The van der Waals surface area contributed by atoms with Crippen LogP contribution in [-0.2, 0) is 16.1 Å². The summed E-state index contributed by atoms with van der Waals surface area (Å²) >= 11 is 7.28. The fourth-order valence-electron chi connectivity index (χ4n) is 2.60. The van der Waals surface area contributed by atoms with Gasteiger partial charge in [0.1, 0.15) is 11.9 Å². The van der Waals surface area contributed by atoms with Crippen LogP contribution in [0.25, 0.3) is 0 Å². The number of hydrogen-bond donors (Lipinski definition) is 1. The molecule has 2 aromatic rings. The molecule has 29 heavy (non-hydrogen) atoms. The molecule has 0 spiro atoms. The molecule has 0 aliphatic heterocycles. The van der Waals surface area contributed by atoms with Gasteiger partial charge in [0.2, 0.25) is 11.8 Å². The highest BCUT2D eigenvalue weighted by Gasteiger charge is 2.28. The summed E-state index contributed by atoms with van der Waals surface area (Å²) < 4.78 is 13.2. The molecule has 2 rings (SSSR count). The van der Waals surface area contributed by atoms with Gasteiger partial charge in [-0.3, -0.25) is 9.59 Å². The maximum absolute atomic E-state index is 13.2. The van der Waals surface area contributed by atoms with Crippen LogP contribution in [0.3, 0.4) is 0 Å². The summed E-state index contributed by atoms with van der Waals surface area (Å²) in [4.78, 5) is 28.1. The molecule has 0 saturated heterocycles. The van der Waals surface area contributed by atoms with E-state index in [2.05, 4.69) is 5.32 Å². The summed E-state index contributed by atoms with van der Waals surface area (Å²) in [6.45, 7) is 7.59. The lowest BCUT2D eigenvalue weighted by Gasteiger charge is -2.31. The van der Waals surface area contributed by atoms with Crippen molar-refractivity contribution < 1.29 is 14.0 Å². The highest BCUT2D eigenvalue weighted by molar-refractivity contribution is 8.00. The molecule has 2 amide bonds. The third kappa shape index (κ3) is 7.71. The molecule has 4 nitrogen and oxygen atoms in total. The van der Waals surface area contributed by atoms with Crippen molar-refractivity contribution >= 4 is 35.2 Å². The van der Waals surface area contributed by atoms with Crippen LogP contribution >= 0.6 is 23.4 Å². The molecule has 0 aliphatic carbocycles. The topological polar surface area (TPSA) is 49.4 Å². The number of carbonyl (C=O) groups excluding carboxylic acids is 2. The van der Waals surface area contributed by atoms with Crippen LogP contribution in [0, 0.1) is 5.82 Å². The van der Waals surface area contributed by atoms with E-state index in [1.807, 2.05) is 32.9 Å². The zero-order valence-electron chi connectivity index (χ0n) is 17.0. The first-order valence-electron chi connectivity index (χ1n) is 9.29. The van der Waals surface area contributed by atoms with Gasteiger partial charge < -0.3 is 10.2 Å². The average Bonchev–Trinajstić information content (AvgIpc) is 2.65. The Labute approximate surface area is 180 Å². The Morgan fingerprint density at radius 3 is 2.24 bits per heavy atom. The highest BCUT2D eigenvalue weighted by atomic mass is 35.5. The number of carbonyl (C=O) groups is 2. The molecule has 2 aromatic carbocycles. The summed E-state index contributed by atoms with van der Waals surface area (Å²) in [6.07, 6.45) is 0. The van der Waals surface area contributed by atoms with Gasteiger partial charge in [0.05, 0.1) is 5.75 Å². The summed E-state index contributed by atoms with van der Waals surface area (Å²) in [6, 6.07) is 12.5. The number of amides is 2. The van der Waals surface area contributed by atoms with Gasteiger partial charge in [-0.15, -0.1) is 11.8 Å². The first-order chi connectivity index (χ1) is 13.5. The van der Waals surface area contributed by atoms with E-state index in [9.17, 15) is 14.0 Å². The summed E-state index contributed by atoms with van der Waals surface area (Å²) in [5.41, 5.74) is 0.347. The SMILES string of the molecule is C[C@@H](C(=O)NC(C)(C)C)N(Cc1ccc(F)cc1)C(=O)CSc1ccc(Cl)cc1. The number of thioether (sulfide) groups is 1.